The van der Waals surface area contributed by atoms with E-state index in [4.69, 9.17) is 14.6 Å². The third kappa shape index (κ3) is 4.03. The Bertz CT molecular complexity index is 506. The van der Waals surface area contributed by atoms with Crippen molar-refractivity contribution < 1.29 is 24.5 Å². The summed E-state index contributed by atoms with van der Waals surface area (Å²) in [6.45, 7) is 10.2. The molecule has 2 N–H and O–H groups in total. The maximum atomic E-state index is 10.9. The Morgan fingerprint density at radius 1 is 1.24 bits per heavy atom. The molecule has 0 fully saturated rings. The highest BCUT2D eigenvalue weighted by Gasteiger charge is 2.24. The Hall–Kier alpha value is -1.91. The van der Waals surface area contributed by atoms with E-state index < -0.39 is 6.16 Å². The van der Waals surface area contributed by atoms with Crippen molar-refractivity contribution in [3.63, 3.8) is 0 Å². The SMILES string of the molecule is CCCOc1cc(C(C)C)c(OC(=O)O)c(O)c1C(C)C. The van der Waals surface area contributed by atoms with E-state index in [-0.39, 0.29) is 23.3 Å². The molecule has 0 heterocycles. The number of phenolic OH excluding ortho intramolecular Hbond substituents is 1. The number of aromatic hydroxyl groups is 1. The molecule has 1 rings (SSSR count). The molecule has 5 heteroatoms. The van der Waals surface area contributed by atoms with E-state index in [1.165, 1.54) is 0 Å². The summed E-state index contributed by atoms with van der Waals surface area (Å²) in [5, 5.41) is 19.3. The summed E-state index contributed by atoms with van der Waals surface area (Å²) >= 11 is 0. The topological polar surface area (TPSA) is 76.0 Å². The number of hydrogen-bond donors (Lipinski definition) is 2. The van der Waals surface area contributed by atoms with Crippen LogP contribution in [-0.2, 0) is 0 Å². The van der Waals surface area contributed by atoms with Crippen LogP contribution in [0.5, 0.6) is 17.2 Å². The average molecular weight is 296 g/mol. The van der Waals surface area contributed by atoms with Crippen molar-refractivity contribution in [2.75, 3.05) is 6.61 Å². The zero-order chi connectivity index (χ0) is 16.2. The van der Waals surface area contributed by atoms with Crippen LogP contribution in [0.2, 0.25) is 0 Å². The monoisotopic (exact) mass is 296 g/mol. The van der Waals surface area contributed by atoms with Crippen LogP contribution in [0.3, 0.4) is 0 Å². The highest BCUT2D eigenvalue weighted by atomic mass is 16.7. The molecule has 0 aliphatic carbocycles. The molecule has 0 amide bonds. The molecule has 0 saturated carbocycles. The molecular formula is C16H24O5. The number of carboxylic acid groups (broad SMARTS) is 1. The van der Waals surface area contributed by atoms with Gasteiger partial charge in [0.1, 0.15) is 5.75 Å². The molecule has 1 aromatic rings. The lowest BCUT2D eigenvalue weighted by Gasteiger charge is -2.21. The van der Waals surface area contributed by atoms with Crippen molar-refractivity contribution in [3.8, 4) is 17.2 Å². The number of rotatable bonds is 6. The van der Waals surface area contributed by atoms with E-state index in [1.54, 1.807) is 6.07 Å². The van der Waals surface area contributed by atoms with Crippen LogP contribution in [0.4, 0.5) is 4.79 Å². The molecule has 0 bridgehead atoms. The van der Waals surface area contributed by atoms with Gasteiger partial charge < -0.3 is 19.7 Å². The minimum absolute atomic E-state index is 0.00422. The van der Waals surface area contributed by atoms with Crippen molar-refractivity contribution in [2.45, 2.75) is 52.9 Å². The summed E-state index contributed by atoms with van der Waals surface area (Å²) in [7, 11) is 0. The highest BCUT2D eigenvalue weighted by Crippen LogP contribution is 2.46. The fraction of sp³-hybridized carbons (Fsp3) is 0.562. The van der Waals surface area contributed by atoms with Gasteiger partial charge in [-0.3, -0.25) is 0 Å². The molecule has 0 aromatic heterocycles. The Labute approximate surface area is 125 Å². The van der Waals surface area contributed by atoms with Gasteiger partial charge in [-0.15, -0.1) is 0 Å². The van der Waals surface area contributed by atoms with Gasteiger partial charge >= 0.3 is 6.16 Å². The van der Waals surface area contributed by atoms with Crippen LogP contribution >= 0.6 is 0 Å². The maximum Gasteiger partial charge on any atom is 0.511 e. The molecule has 0 radical (unpaired) electrons. The van der Waals surface area contributed by atoms with E-state index >= 15 is 0 Å². The first-order valence-electron chi connectivity index (χ1n) is 7.22. The zero-order valence-corrected chi connectivity index (χ0v) is 13.3. The van der Waals surface area contributed by atoms with Crippen LogP contribution in [0, 0.1) is 0 Å². The average Bonchev–Trinajstić information content (AvgIpc) is 2.37. The predicted molar refractivity (Wildman–Crippen MR) is 80.7 cm³/mol. The van der Waals surface area contributed by atoms with Crippen molar-refractivity contribution in [1.82, 2.24) is 0 Å². The Kier molecular flexibility index (Phi) is 5.88. The van der Waals surface area contributed by atoms with Gasteiger partial charge in [0.2, 0.25) is 0 Å². The van der Waals surface area contributed by atoms with Crippen LogP contribution < -0.4 is 9.47 Å². The molecule has 118 valence electrons. The van der Waals surface area contributed by atoms with Crippen molar-refractivity contribution >= 4 is 6.16 Å². The Morgan fingerprint density at radius 2 is 1.86 bits per heavy atom. The van der Waals surface area contributed by atoms with Gasteiger partial charge in [0, 0.05) is 11.1 Å². The lowest BCUT2D eigenvalue weighted by Crippen LogP contribution is -2.09. The summed E-state index contributed by atoms with van der Waals surface area (Å²) < 4.78 is 10.5. The molecule has 0 saturated heterocycles. The molecule has 0 aliphatic rings. The van der Waals surface area contributed by atoms with E-state index in [0.717, 1.165) is 6.42 Å². The molecule has 0 aliphatic heterocycles. The second-order valence-corrected chi connectivity index (χ2v) is 5.58. The maximum absolute atomic E-state index is 10.9. The van der Waals surface area contributed by atoms with E-state index in [9.17, 15) is 9.90 Å². The molecule has 0 spiro atoms. The van der Waals surface area contributed by atoms with Crippen LogP contribution in [0.15, 0.2) is 6.07 Å². The van der Waals surface area contributed by atoms with Crippen molar-refractivity contribution in [2.24, 2.45) is 0 Å². The highest BCUT2D eigenvalue weighted by molar-refractivity contribution is 5.68. The third-order valence-corrected chi connectivity index (χ3v) is 3.13. The van der Waals surface area contributed by atoms with E-state index in [2.05, 4.69) is 0 Å². The van der Waals surface area contributed by atoms with Gasteiger partial charge in [0.15, 0.2) is 11.5 Å². The lowest BCUT2D eigenvalue weighted by atomic mass is 9.93. The van der Waals surface area contributed by atoms with Crippen LogP contribution in [0.1, 0.15) is 64.0 Å². The summed E-state index contributed by atoms with van der Waals surface area (Å²) in [4.78, 5) is 10.9. The number of carbonyl (C=O) groups is 1. The van der Waals surface area contributed by atoms with Gasteiger partial charge in [-0.25, -0.2) is 4.79 Å². The third-order valence-electron chi connectivity index (χ3n) is 3.13. The standard InChI is InChI=1S/C16H24O5/c1-6-7-20-12-8-11(9(2)3)15(21-16(18)19)14(17)13(12)10(4)5/h8-10,17H,6-7H2,1-5H3,(H,18,19). The molecule has 1 aromatic carbocycles. The summed E-state index contributed by atoms with van der Waals surface area (Å²) in [6, 6.07) is 1.77. The summed E-state index contributed by atoms with van der Waals surface area (Å²) in [5.74, 6) is 0.421. The second-order valence-electron chi connectivity index (χ2n) is 5.58. The number of ether oxygens (including phenoxy) is 2. The van der Waals surface area contributed by atoms with Crippen LogP contribution in [0.25, 0.3) is 0 Å². The van der Waals surface area contributed by atoms with Crippen LogP contribution in [-0.4, -0.2) is 23.0 Å². The molecule has 0 unspecified atom stereocenters. The lowest BCUT2D eigenvalue weighted by molar-refractivity contribution is 0.142. The molecule has 5 nitrogen and oxygen atoms in total. The Balaban J connectivity index is 3.49. The Morgan fingerprint density at radius 3 is 2.29 bits per heavy atom. The second kappa shape index (κ2) is 7.20. The van der Waals surface area contributed by atoms with Gasteiger partial charge in [-0.05, 0) is 24.3 Å². The van der Waals surface area contributed by atoms with Gasteiger partial charge in [0.05, 0.1) is 6.61 Å². The minimum Gasteiger partial charge on any atom is -0.504 e. The summed E-state index contributed by atoms with van der Waals surface area (Å²) in [6.07, 6.45) is -0.591. The van der Waals surface area contributed by atoms with Crippen molar-refractivity contribution in [1.29, 1.82) is 0 Å². The fourth-order valence-corrected chi connectivity index (χ4v) is 2.17. The largest absolute Gasteiger partial charge is 0.511 e. The molecular weight excluding hydrogens is 272 g/mol. The minimum atomic E-state index is -1.44. The molecule has 0 atom stereocenters. The number of hydrogen-bond acceptors (Lipinski definition) is 4. The normalized spacial score (nSPS) is 11.0. The smallest absolute Gasteiger partial charge is 0.504 e. The quantitative estimate of drug-likeness (QED) is 0.597. The van der Waals surface area contributed by atoms with E-state index in [0.29, 0.717) is 23.5 Å². The van der Waals surface area contributed by atoms with Gasteiger partial charge in [0.25, 0.3) is 0 Å². The first-order valence-corrected chi connectivity index (χ1v) is 7.22. The van der Waals surface area contributed by atoms with Crippen molar-refractivity contribution in [3.05, 3.63) is 17.2 Å². The van der Waals surface area contributed by atoms with E-state index in [1.807, 2.05) is 34.6 Å². The summed E-state index contributed by atoms with van der Waals surface area (Å²) in [5.41, 5.74) is 1.19. The predicted octanol–water partition coefficient (Wildman–Crippen LogP) is 4.48. The number of phenols is 1. The fourth-order valence-electron chi connectivity index (χ4n) is 2.17. The van der Waals surface area contributed by atoms with Gasteiger partial charge in [-0.1, -0.05) is 34.6 Å². The first-order chi connectivity index (χ1) is 9.79. The number of benzene rings is 1. The first kappa shape index (κ1) is 17.1. The molecule has 21 heavy (non-hydrogen) atoms. The zero-order valence-electron chi connectivity index (χ0n) is 13.3. The van der Waals surface area contributed by atoms with Gasteiger partial charge in [-0.2, -0.15) is 0 Å².